The van der Waals surface area contributed by atoms with Crippen LogP contribution < -0.4 is 16.0 Å². The number of nitrogens with zero attached hydrogens (tertiary/aromatic N) is 2. The molecule has 3 amide bonds. The van der Waals surface area contributed by atoms with Crippen molar-refractivity contribution in [1.29, 1.82) is 0 Å². The van der Waals surface area contributed by atoms with E-state index in [2.05, 4.69) is 20.9 Å². The Morgan fingerprint density at radius 2 is 1.60 bits per heavy atom. The molecule has 0 fully saturated rings. The van der Waals surface area contributed by atoms with Crippen molar-refractivity contribution in [3.05, 3.63) is 77.2 Å². The van der Waals surface area contributed by atoms with E-state index >= 15 is 0 Å². The van der Waals surface area contributed by atoms with Gasteiger partial charge in [-0.1, -0.05) is 27.7 Å². The van der Waals surface area contributed by atoms with Crippen molar-refractivity contribution in [2.45, 2.75) is 78.5 Å². The number of rotatable bonds is 17. The van der Waals surface area contributed by atoms with Gasteiger partial charge in [-0.15, -0.1) is 0 Å². The van der Waals surface area contributed by atoms with Gasteiger partial charge < -0.3 is 30.4 Å². The molecule has 0 aliphatic heterocycles. The van der Waals surface area contributed by atoms with Gasteiger partial charge in [0.05, 0.1) is 23.9 Å². The number of carbonyl (C=O) groups excluding carboxylic acids is 3. The van der Waals surface area contributed by atoms with Crippen molar-refractivity contribution in [3.8, 4) is 11.5 Å². The number of amides is 3. The van der Waals surface area contributed by atoms with E-state index in [1.165, 1.54) is 24.6 Å². The number of aliphatic hydroxyl groups is 1. The summed E-state index contributed by atoms with van der Waals surface area (Å²) in [5.41, 5.74) is -0.106. The first-order valence-electron chi connectivity index (χ1n) is 16.0. The van der Waals surface area contributed by atoms with E-state index in [1.54, 1.807) is 24.8 Å². The molecule has 2 unspecified atom stereocenters. The largest absolute Gasteiger partial charge is 0.445 e. The van der Waals surface area contributed by atoms with Crippen LogP contribution in [0, 0.1) is 17.6 Å². The zero-order chi connectivity index (χ0) is 34.7. The number of β-amino-alcohol motifs (C(OH)–C–C–N with tert-alkyl or cyclic N) is 1. The molecule has 4 N–H and O–H groups in total. The third-order valence-electron chi connectivity index (χ3n) is 7.55. The van der Waals surface area contributed by atoms with Gasteiger partial charge >= 0.3 is 0 Å². The van der Waals surface area contributed by atoms with Crippen LogP contribution in [0.2, 0.25) is 0 Å². The lowest BCUT2D eigenvalue weighted by Gasteiger charge is -2.30. The predicted octanol–water partition coefficient (Wildman–Crippen LogP) is 4.72. The number of hydrogen-bond acceptors (Lipinski definition) is 7. The number of aromatic nitrogens is 1. The molecule has 0 saturated carbocycles. The summed E-state index contributed by atoms with van der Waals surface area (Å²) >= 11 is 0. The Labute approximate surface area is 275 Å². The molecule has 0 saturated heterocycles. The van der Waals surface area contributed by atoms with Crippen molar-refractivity contribution >= 4 is 17.7 Å². The maximum Gasteiger partial charge on any atom is 0.253 e. The summed E-state index contributed by atoms with van der Waals surface area (Å²) in [6.45, 7) is 12.6. The van der Waals surface area contributed by atoms with Crippen LogP contribution in [0.1, 0.15) is 80.7 Å². The summed E-state index contributed by atoms with van der Waals surface area (Å²) in [6.07, 6.45) is 2.92. The molecule has 0 aliphatic carbocycles. The van der Waals surface area contributed by atoms with E-state index < -0.39 is 35.2 Å². The Balaban J connectivity index is 1.94. The second-order valence-electron chi connectivity index (χ2n) is 12.7. The molecular weight excluding hydrogens is 608 g/mol. The summed E-state index contributed by atoms with van der Waals surface area (Å²) in [6, 6.07) is 6.54. The molecule has 256 valence electrons. The number of carbonyl (C=O) groups is 3. The van der Waals surface area contributed by atoms with Crippen molar-refractivity contribution in [2.75, 3.05) is 26.2 Å². The highest BCUT2D eigenvalue weighted by Gasteiger charge is 2.31. The Morgan fingerprint density at radius 1 is 0.957 bits per heavy atom. The average Bonchev–Trinajstić information content (AvgIpc) is 3.56. The van der Waals surface area contributed by atoms with Crippen molar-refractivity contribution in [1.82, 2.24) is 25.8 Å². The van der Waals surface area contributed by atoms with E-state index in [4.69, 9.17) is 4.42 Å². The average molecular weight is 656 g/mol. The fourth-order valence-electron chi connectivity index (χ4n) is 5.03. The van der Waals surface area contributed by atoms with Crippen molar-refractivity contribution in [3.63, 3.8) is 0 Å². The quantitative estimate of drug-likeness (QED) is 0.165. The molecular formula is C35H47F2N5O5. The van der Waals surface area contributed by atoms with Crippen LogP contribution in [0.5, 0.6) is 0 Å². The third kappa shape index (κ3) is 11.0. The second kappa shape index (κ2) is 17.1. The minimum atomic E-state index is -1.29. The van der Waals surface area contributed by atoms with E-state index in [0.717, 1.165) is 31.0 Å². The molecule has 10 nitrogen and oxygen atoms in total. The number of oxazole rings is 1. The SMILES string of the molecule is CCCN(CCC)C(=O)c1cc(C(=O)NC(Cc2cc(F)cc(F)c2)C(O)CNC(C)(C)C(=O)NCC(C)C)cc(-c2ncco2)c1. The molecule has 1 heterocycles. The van der Waals surface area contributed by atoms with E-state index in [0.29, 0.717) is 25.2 Å². The molecule has 47 heavy (non-hydrogen) atoms. The summed E-state index contributed by atoms with van der Waals surface area (Å²) < 4.78 is 33.7. The van der Waals surface area contributed by atoms with Crippen LogP contribution >= 0.6 is 0 Å². The van der Waals surface area contributed by atoms with E-state index in [1.807, 2.05) is 27.7 Å². The highest BCUT2D eigenvalue weighted by atomic mass is 19.1. The zero-order valence-corrected chi connectivity index (χ0v) is 28.0. The molecule has 1 aromatic heterocycles. The first-order valence-corrected chi connectivity index (χ1v) is 16.0. The molecule has 0 radical (unpaired) electrons. The van der Waals surface area contributed by atoms with Gasteiger partial charge in [-0.2, -0.15) is 0 Å². The van der Waals surface area contributed by atoms with Gasteiger partial charge in [-0.05, 0) is 74.9 Å². The highest BCUT2D eigenvalue weighted by Crippen LogP contribution is 2.23. The Hall–Kier alpha value is -4.16. The lowest BCUT2D eigenvalue weighted by atomic mass is 9.97. The van der Waals surface area contributed by atoms with Gasteiger partial charge in [0.25, 0.3) is 11.8 Å². The van der Waals surface area contributed by atoms with Gasteiger partial charge in [0, 0.05) is 48.9 Å². The van der Waals surface area contributed by atoms with Crippen LogP contribution in [0.4, 0.5) is 8.78 Å². The Kier molecular flexibility index (Phi) is 13.6. The van der Waals surface area contributed by atoms with Gasteiger partial charge in [0.2, 0.25) is 11.8 Å². The van der Waals surface area contributed by atoms with Gasteiger partial charge in [0.15, 0.2) is 0 Å². The number of benzene rings is 2. The minimum Gasteiger partial charge on any atom is -0.445 e. The third-order valence-corrected chi connectivity index (χ3v) is 7.55. The molecule has 2 atom stereocenters. The number of hydrogen-bond donors (Lipinski definition) is 4. The van der Waals surface area contributed by atoms with E-state index in [-0.39, 0.29) is 53.3 Å². The monoisotopic (exact) mass is 655 g/mol. The summed E-state index contributed by atoms with van der Waals surface area (Å²) in [4.78, 5) is 46.1. The van der Waals surface area contributed by atoms with Crippen molar-refractivity contribution < 1.29 is 32.7 Å². The Bertz CT molecular complexity index is 1470. The number of aliphatic hydroxyl groups excluding tert-OH is 1. The first-order chi connectivity index (χ1) is 22.2. The molecule has 0 spiro atoms. The molecule has 2 aromatic carbocycles. The number of nitrogens with one attached hydrogen (secondary N) is 3. The topological polar surface area (TPSA) is 137 Å². The summed E-state index contributed by atoms with van der Waals surface area (Å²) in [5, 5.41) is 20.0. The number of halogens is 2. The standard InChI is InChI=1S/C35H47F2N5O5/c1-7-10-42(11-8-2)33(45)26-17-24(16-25(18-26)32-38-9-12-47-32)31(44)41-29(15-23-13-27(36)19-28(37)14-23)30(43)21-40-35(5,6)34(46)39-20-22(3)4/h9,12-14,16-19,22,29-30,40,43H,7-8,10-11,15,20-21H2,1-6H3,(H,39,46)(H,41,44). The lowest BCUT2D eigenvalue weighted by Crippen LogP contribution is -2.57. The highest BCUT2D eigenvalue weighted by molar-refractivity contribution is 6.01. The first kappa shape index (κ1) is 37.3. The predicted molar refractivity (Wildman–Crippen MR) is 176 cm³/mol. The summed E-state index contributed by atoms with van der Waals surface area (Å²) in [5.74, 6) is -2.32. The maximum absolute atomic E-state index is 14.1. The lowest BCUT2D eigenvalue weighted by molar-refractivity contribution is -0.126. The van der Waals surface area contributed by atoms with Crippen LogP contribution in [0.25, 0.3) is 11.5 Å². The fourth-order valence-corrected chi connectivity index (χ4v) is 5.03. The zero-order valence-electron chi connectivity index (χ0n) is 28.0. The van der Waals surface area contributed by atoms with Crippen LogP contribution in [-0.2, 0) is 11.2 Å². The molecule has 3 rings (SSSR count). The normalized spacial score (nSPS) is 12.9. The van der Waals surface area contributed by atoms with Gasteiger partial charge in [-0.25, -0.2) is 13.8 Å². The van der Waals surface area contributed by atoms with Gasteiger partial charge in [-0.3, -0.25) is 14.4 Å². The minimum absolute atomic E-state index is 0.0981. The van der Waals surface area contributed by atoms with Crippen LogP contribution in [0.3, 0.4) is 0 Å². The van der Waals surface area contributed by atoms with Crippen LogP contribution in [0.15, 0.2) is 53.3 Å². The fraction of sp³-hybridized carbons (Fsp3) is 0.486. The molecule has 12 heteroatoms. The summed E-state index contributed by atoms with van der Waals surface area (Å²) in [7, 11) is 0. The second-order valence-corrected chi connectivity index (χ2v) is 12.7. The van der Waals surface area contributed by atoms with Crippen molar-refractivity contribution in [2.24, 2.45) is 5.92 Å². The molecule has 0 aliphatic rings. The molecule has 3 aromatic rings. The smallest absolute Gasteiger partial charge is 0.253 e. The van der Waals surface area contributed by atoms with E-state index in [9.17, 15) is 28.3 Å². The van der Waals surface area contributed by atoms with Gasteiger partial charge in [0.1, 0.15) is 17.9 Å². The Morgan fingerprint density at radius 3 is 2.17 bits per heavy atom. The van der Waals surface area contributed by atoms with Crippen LogP contribution in [-0.4, -0.2) is 76.6 Å². The molecule has 0 bridgehead atoms. The maximum atomic E-state index is 14.1.